The van der Waals surface area contributed by atoms with E-state index >= 15 is 0 Å². The molecule has 2 aromatic rings. The summed E-state index contributed by atoms with van der Waals surface area (Å²) in [5, 5.41) is 3.28. The van der Waals surface area contributed by atoms with Gasteiger partial charge in [-0.15, -0.1) is 12.4 Å². The van der Waals surface area contributed by atoms with Gasteiger partial charge in [0.15, 0.2) is 0 Å². The third kappa shape index (κ3) is 4.95. The van der Waals surface area contributed by atoms with Gasteiger partial charge in [0.05, 0.1) is 11.5 Å². The predicted octanol–water partition coefficient (Wildman–Crippen LogP) is 2.98. The van der Waals surface area contributed by atoms with Crippen molar-refractivity contribution in [3.05, 3.63) is 59.2 Å². The minimum absolute atomic E-state index is 0. The molecule has 1 aliphatic heterocycles. The van der Waals surface area contributed by atoms with Crippen molar-refractivity contribution in [2.45, 2.75) is 37.9 Å². The molecule has 7 heteroatoms. The largest absolute Gasteiger partial charge is 0.494 e. The molecule has 0 saturated heterocycles. The molecular weight excluding hydrogens is 360 g/mol. The van der Waals surface area contributed by atoms with Crippen molar-refractivity contribution in [3.63, 3.8) is 0 Å². The van der Waals surface area contributed by atoms with Crippen molar-refractivity contribution >= 4 is 22.4 Å². The fourth-order valence-corrected chi connectivity index (χ4v) is 3.67. The van der Waals surface area contributed by atoms with Gasteiger partial charge < -0.3 is 10.1 Å². The smallest absolute Gasteiger partial charge is 0.240 e. The second kappa shape index (κ2) is 8.67. The molecule has 0 spiro atoms. The molecule has 25 heavy (non-hydrogen) atoms. The van der Waals surface area contributed by atoms with Crippen LogP contribution in [0, 0.1) is 0 Å². The lowest BCUT2D eigenvalue weighted by Crippen LogP contribution is -2.23. The average molecular weight is 383 g/mol. The number of hydrogen-bond donors (Lipinski definition) is 2. The van der Waals surface area contributed by atoms with Gasteiger partial charge in [0, 0.05) is 19.6 Å². The monoisotopic (exact) mass is 382 g/mol. The molecule has 2 N–H and O–H groups in total. The van der Waals surface area contributed by atoms with Gasteiger partial charge in [-0.1, -0.05) is 25.1 Å². The first-order chi connectivity index (χ1) is 11.6. The van der Waals surface area contributed by atoms with Crippen LogP contribution in [0.3, 0.4) is 0 Å². The predicted molar refractivity (Wildman–Crippen MR) is 100 cm³/mol. The number of hydrogen-bond acceptors (Lipinski definition) is 4. The van der Waals surface area contributed by atoms with Crippen molar-refractivity contribution < 1.29 is 13.2 Å². The Hall–Kier alpha value is -1.60. The Bertz CT molecular complexity index is 808. The van der Waals surface area contributed by atoms with Crippen molar-refractivity contribution in [3.8, 4) is 5.75 Å². The molecule has 0 aliphatic carbocycles. The Morgan fingerprint density at radius 3 is 2.52 bits per heavy atom. The molecule has 0 amide bonds. The van der Waals surface area contributed by atoms with E-state index in [1.807, 2.05) is 13.0 Å². The number of ether oxygens (including phenoxy) is 1. The van der Waals surface area contributed by atoms with Gasteiger partial charge in [-0.05, 0) is 47.4 Å². The number of halogens is 1. The number of fused-ring (bicyclic) bond motifs is 1. The fraction of sp³-hybridized carbons (Fsp3) is 0.333. The van der Waals surface area contributed by atoms with Gasteiger partial charge >= 0.3 is 0 Å². The summed E-state index contributed by atoms with van der Waals surface area (Å²) in [4.78, 5) is 0.245. The number of rotatable bonds is 7. The van der Waals surface area contributed by atoms with E-state index in [9.17, 15) is 8.42 Å². The first kappa shape index (κ1) is 19.7. The highest BCUT2D eigenvalue weighted by Gasteiger charge is 2.15. The van der Waals surface area contributed by atoms with Gasteiger partial charge in [-0.2, -0.15) is 0 Å². The topological polar surface area (TPSA) is 67.4 Å². The van der Waals surface area contributed by atoms with Crippen LogP contribution in [0.5, 0.6) is 5.75 Å². The van der Waals surface area contributed by atoms with Crippen molar-refractivity contribution in [1.82, 2.24) is 10.0 Å². The highest BCUT2D eigenvalue weighted by atomic mass is 35.5. The lowest BCUT2D eigenvalue weighted by Gasteiger charge is -2.09. The van der Waals surface area contributed by atoms with Crippen LogP contribution < -0.4 is 14.8 Å². The van der Waals surface area contributed by atoms with Gasteiger partial charge in [-0.3, -0.25) is 0 Å². The van der Waals surface area contributed by atoms with E-state index in [2.05, 4.69) is 22.2 Å². The number of sulfonamides is 1. The first-order valence-electron chi connectivity index (χ1n) is 8.12. The van der Waals surface area contributed by atoms with Crippen molar-refractivity contribution in [1.29, 1.82) is 0 Å². The number of nitrogens with one attached hydrogen (secondary N) is 2. The first-order valence-corrected chi connectivity index (χ1v) is 9.61. The summed E-state index contributed by atoms with van der Waals surface area (Å²) >= 11 is 0. The summed E-state index contributed by atoms with van der Waals surface area (Å²) in [5.41, 5.74) is 3.48. The van der Waals surface area contributed by atoms with E-state index < -0.39 is 10.0 Å². The third-order valence-electron chi connectivity index (χ3n) is 3.97. The zero-order valence-electron chi connectivity index (χ0n) is 14.1. The minimum atomic E-state index is -3.53. The van der Waals surface area contributed by atoms with E-state index in [4.69, 9.17) is 4.74 Å². The fourth-order valence-electron chi connectivity index (χ4n) is 2.65. The van der Waals surface area contributed by atoms with Crippen LogP contribution in [0.4, 0.5) is 0 Å². The van der Waals surface area contributed by atoms with Gasteiger partial charge in [0.2, 0.25) is 10.0 Å². The van der Waals surface area contributed by atoms with Crippen LogP contribution in [0.15, 0.2) is 47.4 Å². The van der Waals surface area contributed by atoms with E-state index in [-0.39, 0.29) is 23.8 Å². The molecule has 0 aromatic heterocycles. The lowest BCUT2D eigenvalue weighted by atomic mass is 10.1. The summed E-state index contributed by atoms with van der Waals surface area (Å²) in [5.74, 6) is 0.682. The molecule has 0 fully saturated rings. The Morgan fingerprint density at radius 2 is 1.80 bits per heavy atom. The maximum atomic E-state index is 12.4. The second-order valence-electron chi connectivity index (χ2n) is 5.85. The maximum Gasteiger partial charge on any atom is 0.240 e. The van der Waals surface area contributed by atoms with Crippen molar-refractivity contribution in [2.24, 2.45) is 0 Å². The van der Waals surface area contributed by atoms with Crippen molar-refractivity contribution in [2.75, 3.05) is 6.61 Å². The average Bonchev–Trinajstić information content (AvgIpc) is 3.06. The SMILES string of the molecule is CCCOc1ccc(S(=O)(=O)NCc2ccc3c(c2)CNC3)cc1.Cl. The second-order valence-corrected chi connectivity index (χ2v) is 7.62. The quantitative estimate of drug-likeness (QED) is 0.772. The summed E-state index contributed by atoms with van der Waals surface area (Å²) in [6, 6.07) is 12.6. The third-order valence-corrected chi connectivity index (χ3v) is 5.39. The van der Waals surface area contributed by atoms with Crippen LogP contribution in [0.25, 0.3) is 0 Å². The molecule has 1 aliphatic rings. The van der Waals surface area contributed by atoms with Crippen LogP contribution in [-0.4, -0.2) is 15.0 Å². The molecule has 3 rings (SSSR count). The Labute approximate surface area is 155 Å². The highest BCUT2D eigenvalue weighted by Crippen LogP contribution is 2.19. The molecule has 0 bridgehead atoms. The highest BCUT2D eigenvalue weighted by molar-refractivity contribution is 7.89. The summed E-state index contributed by atoms with van der Waals surface area (Å²) in [6.45, 7) is 4.65. The van der Waals surface area contributed by atoms with Gasteiger partial charge in [0.1, 0.15) is 5.75 Å². The number of benzene rings is 2. The molecule has 1 heterocycles. The maximum absolute atomic E-state index is 12.4. The van der Waals surface area contributed by atoms with E-state index in [1.54, 1.807) is 24.3 Å². The zero-order chi connectivity index (χ0) is 17.0. The minimum Gasteiger partial charge on any atom is -0.494 e. The summed E-state index contributed by atoms with van der Waals surface area (Å²) < 4.78 is 32.9. The lowest BCUT2D eigenvalue weighted by molar-refractivity contribution is 0.317. The molecule has 0 saturated carbocycles. The summed E-state index contributed by atoms with van der Waals surface area (Å²) in [7, 11) is -3.53. The molecule has 2 aromatic carbocycles. The van der Waals surface area contributed by atoms with Crippen LogP contribution in [-0.2, 0) is 29.7 Å². The van der Waals surface area contributed by atoms with E-state index in [0.717, 1.165) is 25.1 Å². The van der Waals surface area contributed by atoms with E-state index in [1.165, 1.54) is 11.1 Å². The Kier molecular flexibility index (Phi) is 6.84. The zero-order valence-corrected chi connectivity index (χ0v) is 15.8. The molecule has 0 unspecified atom stereocenters. The Morgan fingerprint density at radius 1 is 1.08 bits per heavy atom. The van der Waals surface area contributed by atoms with Gasteiger partial charge in [-0.25, -0.2) is 13.1 Å². The molecule has 0 radical (unpaired) electrons. The Balaban J connectivity index is 0.00000225. The van der Waals surface area contributed by atoms with Crippen LogP contribution in [0.2, 0.25) is 0 Å². The molecule has 0 atom stereocenters. The molecule has 136 valence electrons. The molecular formula is C18H23ClN2O3S. The van der Waals surface area contributed by atoms with Crippen LogP contribution in [0.1, 0.15) is 30.0 Å². The molecule has 5 nitrogen and oxygen atoms in total. The normalized spacial score (nSPS) is 13.2. The van der Waals surface area contributed by atoms with Gasteiger partial charge in [0.25, 0.3) is 0 Å². The van der Waals surface area contributed by atoms with Crippen LogP contribution >= 0.6 is 12.4 Å². The summed E-state index contributed by atoms with van der Waals surface area (Å²) in [6.07, 6.45) is 0.915. The van der Waals surface area contributed by atoms with E-state index in [0.29, 0.717) is 12.4 Å². The standard InChI is InChI=1S/C18H22N2O3S.ClH/c1-2-9-23-17-5-7-18(8-6-17)24(21,22)20-11-14-3-4-15-12-19-13-16(15)10-14;/h3-8,10,19-20H,2,9,11-13H2,1H3;1H.